The monoisotopic (exact) mass is 486 g/mol. The Balaban J connectivity index is 2.55. The van der Waals surface area contributed by atoms with Crippen LogP contribution in [0.2, 0.25) is 0 Å². The second-order valence-corrected chi connectivity index (χ2v) is 9.31. The van der Waals surface area contributed by atoms with Crippen molar-refractivity contribution in [2.75, 3.05) is 18.0 Å². The molecular weight excluding hydrogens is 457 g/mol. The number of hydrogen-bond donors (Lipinski definition) is 0. The number of hydrogen-bond acceptors (Lipinski definition) is 5. The number of amides is 1. The summed E-state index contributed by atoms with van der Waals surface area (Å²) in [5, 5.41) is 0. The van der Waals surface area contributed by atoms with E-state index in [1.165, 1.54) is 17.9 Å². The average Bonchev–Trinajstić information content (AvgIpc) is 2.72. The Bertz CT molecular complexity index is 1080. The maximum absolute atomic E-state index is 13.1. The van der Waals surface area contributed by atoms with Crippen LogP contribution in [0.15, 0.2) is 47.4 Å². The molecule has 2 rings (SSSR count). The highest BCUT2D eigenvalue weighted by molar-refractivity contribution is 7.87. The number of anilines is 1. The van der Waals surface area contributed by atoms with E-state index in [2.05, 4.69) is 0 Å². The average molecular weight is 487 g/mol. The van der Waals surface area contributed by atoms with Crippen molar-refractivity contribution in [1.82, 2.24) is 4.90 Å². The Morgan fingerprint density at radius 2 is 1.70 bits per heavy atom. The molecule has 0 aromatic heterocycles. The Labute approximate surface area is 193 Å². The van der Waals surface area contributed by atoms with Gasteiger partial charge in [-0.05, 0) is 52.0 Å². The van der Waals surface area contributed by atoms with Crippen LogP contribution in [-0.4, -0.2) is 38.4 Å². The van der Waals surface area contributed by atoms with E-state index in [0.717, 1.165) is 18.2 Å². The molecule has 0 saturated carbocycles. The molecule has 2 aromatic carbocycles. The Hall–Kier alpha value is -2.75. The highest BCUT2D eigenvalue weighted by atomic mass is 32.2. The van der Waals surface area contributed by atoms with Crippen molar-refractivity contribution in [3.8, 4) is 5.75 Å². The van der Waals surface area contributed by atoms with E-state index in [-0.39, 0.29) is 24.2 Å². The predicted octanol–water partition coefficient (Wildman–Crippen LogP) is 5.08. The molecule has 0 spiro atoms. The molecule has 33 heavy (non-hydrogen) atoms. The van der Waals surface area contributed by atoms with Gasteiger partial charge in [0.15, 0.2) is 0 Å². The summed E-state index contributed by atoms with van der Waals surface area (Å²) < 4.78 is 70.5. The van der Waals surface area contributed by atoms with Gasteiger partial charge in [-0.3, -0.25) is 4.79 Å². The fourth-order valence-corrected chi connectivity index (χ4v) is 4.38. The number of alkyl halides is 3. The maximum Gasteiger partial charge on any atom is 0.416 e. The van der Waals surface area contributed by atoms with Crippen LogP contribution in [0.4, 0.5) is 18.9 Å². The van der Waals surface area contributed by atoms with Gasteiger partial charge in [-0.25, -0.2) is 0 Å². The maximum atomic E-state index is 13.1. The standard InChI is InChI=1S/C23H29F3N2O4S/c1-6-27(7-2)20-12-11-18(15-28(16(3)4)17(5)29)22(14-20)32-33(30,31)21-10-8-9-19(13-21)23(24,25)26/h8-14,16H,6-7,15H2,1-5H3. The number of nitrogens with zero attached hydrogens (tertiary/aromatic N) is 2. The van der Waals surface area contributed by atoms with Crippen molar-refractivity contribution in [2.45, 2.75) is 58.3 Å². The van der Waals surface area contributed by atoms with E-state index in [1.807, 2.05) is 32.6 Å². The highest BCUT2D eigenvalue weighted by Crippen LogP contribution is 2.33. The summed E-state index contributed by atoms with van der Waals surface area (Å²) in [6.45, 7) is 10.3. The van der Waals surface area contributed by atoms with Crippen LogP contribution in [0.5, 0.6) is 5.75 Å². The van der Waals surface area contributed by atoms with Crippen LogP contribution in [0.25, 0.3) is 0 Å². The minimum Gasteiger partial charge on any atom is -0.379 e. The fraction of sp³-hybridized carbons (Fsp3) is 0.435. The zero-order valence-electron chi connectivity index (χ0n) is 19.3. The summed E-state index contributed by atoms with van der Waals surface area (Å²) in [4.78, 5) is 15.0. The fourth-order valence-electron chi connectivity index (χ4n) is 3.37. The number of carbonyl (C=O) groups is 1. The molecule has 0 radical (unpaired) electrons. The normalized spacial score (nSPS) is 12.0. The third kappa shape index (κ3) is 6.63. The van der Waals surface area contributed by atoms with Crippen molar-refractivity contribution in [2.24, 2.45) is 0 Å². The SMILES string of the molecule is CCN(CC)c1ccc(CN(C(C)=O)C(C)C)c(OS(=O)(=O)c2cccc(C(F)(F)F)c2)c1. The second kappa shape index (κ2) is 10.5. The van der Waals surface area contributed by atoms with Gasteiger partial charge in [-0.15, -0.1) is 0 Å². The third-order valence-corrected chi connectivity index (χ3v) is 6.43. The van der Waals surface area contributed by atoms with Crippen molar-refractivity contribution < 1.29 is 30.6 Å². The van der Waals surface area contributed by atoms with Gasteiger partial charge in [0.2, 0.25) is 5.91 Å². The lowest BCUT2D eigenvalue weighted by Crippen LogP contribution is -2.34. The number of halogens is 3. The number of benzene rings is 2. The van der Waals surface area contributed by atoms with Crippen molar-refractivity contribution >= 4 is 21.7 Å². The summed E-state index contributed by atoms with van der Waals surface area (Å²) in [7, 11) is -4.57. The van der Waals surface area contributed by atoms with Gasteiger partial charge >= 0.3 is 16.3 Å². The number of rotatable bonds is 9. The first kappa shape index (κ1) is 26.5. The van der Waals surface area contributed by atoms with E-state index in [0.29, 0.717) is 30.4 Å². The quantitative estimate of drug-likeness (QED) is 0.463. The molecule has 0 N–H and O–H groups in total. The van der Waals surface area contributed by atoms with E-state index in [9.17, 15) is 26.4 Å². The topological polar surface area (TPSA) is 66.9 Å². The summed E-state index contributed by atoms with van der Waals surface area (Å²) in [6.07, 6.45) is -4.70. The predicted molar refractivity (Wildman–Crippen MR) is 121 cm³/mol. The van der Waals surface area contributed by atoms with Crippen molar-refractivity contribution in [3.63, 3.8) is 0 Å². The van der Waals surface area contributed by atoms with Gasteiger partial charge in [0.05, 0.1) is 5.56 Å². The second-order valence-electron chi connectivity index (χ2n) is 7.77. The van der Waals surface area contributed by atoms with Gasteiger partial charge in [0.25, 0.3) is 0 Å². The lowest BCUT2D eigenvalue weighted by atomic mass is 10.1. The lowest BCUT2D eigenvalue weighted by molar-refractivity contribution is -0.137. The molecule has 0 atom stereocenters. The summed E-state index contributed by atoms with van der Waals surface area (Å²) in [5.74, 6) is -0.242. The van der Waals surface area contributed by atoms with Gasteiger partial charge in [0, 0.05) is 49.9 Å². The zero-order chi connectivity index (χ0) is 25.0. The van der Waals surface area contributed by atoms with Crippen LogP contribution >= 0.6 is 0 Å². The highest BCUT2D eigenvalue weighted by Gasteiger charge is 2.32. The molecule has 0 unspecified atom stereocenters. The first-order valence-corrected chi connectivity index (χ1v) is 12.0. The molecule has 0 aliphatic rings. The molecule has 1 amide bonds. The zero-order valence-corrected chi connectivity index (χ0v) is 20.1. The molecule has 10 heteroatoms. The van der Waals surface area contributed by atoms with Crippen LogP contribution < -0.4 is 9.08 Å². The molecule has 0 aliphatic heterocycles. The smallest absolute Gasteiger partial charge is 0.379 e. The largest absolute Gasteiger partial charge is 0.416 e. The van der Waals surface area contributed by atoms with Crippen molar-refractivity contribution in [1.29, 1.82) is 0 Å². The minimum absolute atomic E-state index is 0.0382. The van der Waals surface area contributed by atoms with Crippen LogP contribution in [0, 0.1) is 0 Å². The number of carbonyl (C=O) groups excluding carboxylic acids is 1. The van der Waals surface area contributed by atoms with Crippen LogP contribution in [0.1, 0.15) is 45.7 Å². The van der Waals surface area contributed by atoms with Gasteiger partial charge in [0.1, 0.15) is 10.6 Å². The molecule has 6 nitrogen and oxygen atoms in total. The van der Waals surface area contributed by atoms with E-state index >= 15 is 0 Å². The van der Waals surface area contributed by atoms with Gasteiger partial charge < -0.3 is 14.0 Å². The van der Waals surface area contributed by atoms with E-state index in [4.69, 9.17) is 4.18 Å². The van der Waals surface area contributed by atoms with Gasteiger partial charge in [-0.2, -0.15) is 21.6 Å². The Morgan fingerprint density at radius 3 is 2.21 bits per heavy atom. The van der Waals surface area contributed by atoms with Crippen LogP contribution in [-0.2, 0) is 27.6 Å². The molecule has 0 aliphatic carbocycles. The molecule has 0 heterocycles. The molecule has 0 saturated heterocycles. The summed E-state index contributed by atoms with van der Waals surface area (Å²) in [6, 6.07) is 8.24. The third-order valence-electron chi connectivity index (χ3n) is 5.20. The molecule has 0 fully saturated rings. The molecular formula is C23H29F3N2O4S. The Kier molecular flexibility index (Phi) is 8.40. The van der Waals surface area contributed by atoms with E-state index < -0.39 is 26.8 Å². The molecule has 2 aromatic rings. The molecule has 0 bridgehead atoms. The van der Waals surface area contributed by atoms with E-state index in [1.54, 1.807) is 12.1 Å². The first-order valence-electron chi connectivity index (χ1n) is 10.6. The summed E-state index contributed by atoms with van der Waals surface area (Å²) >= 11 is 0. The molecule has 182 valence electrons. The van der Waals surface area contributed by atoms with Gasteiger partial charge in [-0.1, -0.05) is 12.1 Å². The minimum atomic E-state index is -4.70. The van der Waals surface area contributed by atoms with Crippen LogP contribution in [0.3, 0.4) is 0 Å². The lowest BCUT2D eigenvalue weighted by Gasteiger charge is -2.27. The first-order chi connectivity index (χ1) is 15.3. The summed E-state index contributed by atoms with van der Waals surface area (Å²) in [5.41, 5.74) is 0.0223. The Morgan fingerprint density at radius 1 is 1.06 bits per heavy atom. The van der Waals surface area contributed by atoms with Crippen molar-refractivity contribution in [3.05, 3.63) is 53.6 Å².